The van der Waals surface area contributed by atoms with Crippen LogP contribution in [0, 0.1) is 6.92 Å². The van der Waals surface area contributed by atoms with E-state index in [1.54, 1.807) is 37.3 Å². The van der Waals surface area contributed by atoms with Crippen molar-refractivity contribution in [2.24, 2.45) is 0 Å². The Hall–Kier alpha value is -2.56. The fraction of sp³-hybridized carbons (Fsp3) is 0.200. The third-order valence-electron chi connectivity index (χ3n) is 2.84. The molecule has 20 heavy (non-hydrogen) atoms. The van der Waals surface area contributed by atoms with E-state index in [4.69, 9.17) is 4.42 Å². The van der Waals surface area contributed by atoms with Gasteiger partial charge in [-0.3, -0.25) is 4.79 Å². The first-order valence-corrected chi connectivity index (χ1v) is 6.18. The quantitative estimate of drug-likeness (QED) is 0.867. The number of hydrogen-bond acceptors (Lipinski definition) is 4. The van der Waals surface area contributed by atoms with E-state index in [1.807, 2.05) is 6.07 Å². The number of carboxylic acid groups (broad SMARTS) is 1. The van der Waals surface area contributed by atoms with Gasteiger partial charge in [-0.05, 0) is 31.0 Å². The van der Waals surface area contributed by atoms with Crippen LogP contribution in [0.3, 0.4) is 0 Å². The van der Waals surface area contributed by atoms with Crippen LogP contribution in [-0.4, -0.2) is 17.9 Å². The summed E-state index contributed by atoms with van der Waals surface area (Å²) >= 11 is 0. The zero-order valence-electron chi connectivity index (χ0n) is 11.0. The molecule has 2 aromatic rings. The van der Waals surface area contributed by atoms with Crippen LogP contribution in [0.2, 0.25) is 0 Å². The van der Waals surface area contributed by atoms with Gasteiger partial charge in [0.15, 0.2) is 5.76 Å². The van der Waals surface area contributed by atoms with E-state index in [0.29, 0.717) is 5.76 Å². The molecule has 0 aliphatic heterocycles. The maximum Gasteiger partial charge on any atom is 0.287 e. The Balaban J connectivity index is 2.06. The summed E-state index contributed by atoms with van der Waals surface area (Å²) in [5.41, 5.74) is 0.803. The molecule has 1 N–H and O–H groups in total. The monoisotopic (exact) mass is 272 g/mol. The largest absolute Gasteiger partial charge is 0.548 e. The highest BCUT2D eigenvalue weighted by Gasteiger charge is 2.17. The van der Waals surface area contributed by atoms with Crippen molar-refractivity contribution >= 4 is 11.9 Å². The molecule has 5 heteroatoms. The lowest BCUT2D eigenvalue weighted by atomic mass is 10.1. The van der Waals surface area contributed by atoms with Crippen LogP contribution in [-0.2, 0) is 11.2 Å². The van der Waals surface area contributed by atoms with E-state index in [9.17, 15) is 14.7 Å². The fourth-order valence-corrected chi connectivity index (χ4v) is 1.83. The fourth-order valence-electron chi connectivity index (χ4n) is 1.83. The molecule has 1 amide bonds. The second-order valence-corrected chi connectivity index (χ2v) is 4.45. The van der Waals surface area contributed by atoms with E-state index in [2.05, 4.69) is 5.32 Å². The van der Waals surface area contributed by atoms with E-state index in [0.717, 1.165) is 5.56 Å². The average molecular weight is 272 g/mol. The van der Waals surface area contributed by atoms with Gasteiger partial charge in [0.1, 0.15) is 5.76 Å². The highest BCUT2D eigenvalue weighted by Crippen LogP contribution is 2.08. The number of furan rings is 1. The summed E-state index contributed by atoms with van der Waals surface area (Å²) in [6.45, 7) is 1.71. The van der Waals surface area contributed by atoms with Crippen LogP contribution in [0.1, 0.15) is 21.9 Å². The molecule has 0 spiro atoms. The number of rotatable bonds is 5. The van der Waals surface area contributed by atoms with Gasteiger partial charge in [-0.1, -0.05) is 30.3 Å². The van der Waals surface area contributed by atoms with Gasteiger partial charge in [-0.15, -0.1) is 0 Å². The van der Waals surface area contributed by atoms with Gasteiger partial charge in [-0.25, -0.2) is 0 Å². The van der Waals surface area contributed by atoms with Gasteiger partial charge in [0.05, 0.1) is 12.0 Å². The maximum atomic E-state index is 11.9. The summed E-state index contributed by atoms with van der Waals surface area (Å²) in [5, 5.41) is 13.5. The Kier molecular flexibility index (Phi) is 4.20. The molecule has 2 rings (SSSR count). The molecule has 1 aromatic heterocycles. The van der Waals surface area contributed by atoms with Gasteiger partial charge in [0, 0.05) is 0 Å². The second-order valence-electron chi connectivity index (χ2n) is 4.45. The highest BCUT2D eigenvalue weighted by atomic mass is 16.4. The van der Waals surface area contributed by atoms with Crippen LogP contribution in [0.5, 0.6) is 0 Å². The molecule has 5 nitrogen and oxygen atoms in total. The van der Waals surface area contributed by atoms with Crippen LogP contribution >= 0.6 is 0 Å². The molecule has 0 saturated carbocycles. The minimum atomic E-state index is -1.33. The van der Waals surface area contributed by atoms with Crippen LogP contribution in [0.15, 0.2) is 46.9 Å². The summed E-state index contributed by atoms with van der Waals surface area (Å²) in [6, 6.07) is 11.1. The number of carbonyl (C=O) groups excluding carboxylic acids is 2. The van der Waals surface area contributed by atoms with Crippen LogP contribution < -0.4 is 10.4 Å². The molecular weight excluding hydrogens is 258 g/mol. The molecule has 0 aliphatic carbocycles. The van der Waals surface area contributed by atoms with E-state index in [1.165, 1.54) is 6.07 Å². The number of carbonyl (C=O) groups is 2. The van der Waals surface area contributed by atoms with Gasteiger partial charge < -0.3 is 19.6 Å². The summed E-state index contributed by atoms with van der Waals surface area (Å²) in [6.07, 6.45) is 0.161. The Bertz CT molecular complexity index is 603. The highest BCUT2D eigenvalue weighted by molar-refractivity contribution is 5.94. The van der Waals surface area contributed by atoms with E-state index >= 15 is 0 Å². The molecule has 1 aromatic carbocycles. The molecular formula is C15H14NO4-. The van der Waals surface area contributed by atoms with Crippen molar-refractivity contribution in [1.29, 1.82) is 0 Å². The number of nitrogens with one attached hydrogen (secondary N) is 1. The summed E-state index contributed by atoms with van der Waals surface area (Å²) < 4.78 is 5.15. The number of aryl methyl sites for hydroxylation is 1. The standard InChI is InChI=1S/C15H15NO4/c1-10-7-8-13(20-10)14(17)16-12(15(18)19)9-11-5-3-2-4-6-11/h2-8,12H,9H2,1H3,(H,16,17)(H,18,19)/p-1/t12-/m1/s1. The number of benzene rings is 1. The first kappa shape index (κ1) is 13.9. The molecule has 104 valence electrons. The molecule has 0 fully saturated rings. The van der Waals surface area contributed by atoms with Crippen molar-refractivity contribution < 1.29 is 19.1 Å². The lowest BCUT2D eigenvalue weighted by Crippen LogP contribution is -2.49. The minimum Gasteiger partial charge on any atom is -0.548 e. The summed E-state index contributed by atoms with van der Waals surface area (Å²) in [4.78, 5) is 23.0. The zero-order valence-corrected chi connectivity index (χ0v) is 11.0. The Morgan fingerprint density at radius 1 is 1.20 bits per heavy atom. The summed E-state index contributed by atoms with van der Waals surface area (Å²) in [7, 11) is 0. The lowest BCUT2D eigenvalue weighted by molar-refractivity contribution is -0.308. The van der Waals surface area contributed by atoms with Gasteiger partial charge in [0.25, 0.3) is 5.91 Å². The third kappa shape index (κ3) is 3.47. The van der Waals surface area contributed by atoms with Crippen molar-refractivity contribution in [3.8, 4) is 0 Å². The summed E-state index contributed by atoms with van der Waals surface area (Å²) in [5.74, 6) is -1.22. The minimum absolute atomic E-state index is 0.0850. The Morgan fingerprint density at radius 3 is 2.45 bits per heavy atom. The van der Waals surface area contributed by atoms with Crippen molar-refractivity contribution in [2.75, 3.05) is 0 Å². The normalized spacial score (nSPS) is 11.8. The van der Waals surface area contributed by atoms with Crippen molar-refractivity contribution in [3.05, 3.63) is 59.5 Å². The molecule has 0 bridgehead atoms. The molecule has 1 atom stereocenters. The second kappa shape index (κ2) is 6.06. The predicted octanol–water partition coefficient (Wildman–Crippen LogP) is 0.679. The van der Waals surface area contributed by atoms with Gasteiger partial charge in [-0.2, -0.15) is 0 Å². The zero-order chi connectivity index (χ0) is 14.5. The molecule has 0 radical (unpaired) electrons. The molecule has 0 unspecified atom stereocenters. The molecule has 1 heterocycles. The topological polar surface area (TPSA) is 82.4 Å². The lowest BCUT2D eigenvalue weighted by Gasteiger charge is -2.19. The molecule has 0 saturated heterocycles. The van der Waals surface area contributed by atoms with E-state index < -0.39 is 17.9 Å². The maximum absolute atomic E-state index is 11.9. The Labute approximate surface area is 116 Å². The van der Waals surface area contributed by atoms with Crippen molar-refractivity contribution in [2.45, 2.75) is 19.4 Å². The van der Waals surface area contributed by atoms with E-state index in [-0.39, 0.29) is 12.2 Å². The van der Waals surface area contributed by atoms with Crippen LogP contribution in [0.25, 0.3) is 0 Å². The first-order chi connectivity index (χ1) is 9.56. The SMILES string of the molecule is Cc1ccc(C(=O)N[C@H](Cc2ccccc2)C(=O)[O-])o1. The number of carboxylic acids is 1. The molecule has 0 aliphatic rings. The number of hydrogen-bond donors (Lipinski definition) is 1. The number of aliphatic carboxylic acids is 1. The Morgan fingerprint density at radius 2 is 1.90 bits per heavy atom. The predicted molar refractivity (Wildman–Crippen MR) is 69.9 cm³/mol. The third-order valence-corrected chi connectivity index (χ3v) is 2.84. The van der Waals surface area contributed by atoms with Gasteiger partial charge >= 0.3 is 0 Å². The first-order valence-electron chi connectivity index (χ1n) is 6.18. The smallest absolute Gasteiger partial charge is 0.287 e. The average Bonchev–Trinajstić information content (AvgIpc) is 2.86. The van der Waals surface area contributed by atoms with Crippen molar-refractivity contribution in [1.82, 2.24) is 5.32 Å². The van der Waals surface area contributed by atoms with Crippen molar-refractivity contribution in [3.63, 3.8) is 0 Å². The van der Waals surface area contributed by atoms with Gasteiger partial charge in [0.2, 0.25) is 0 Å². The number of amides is 1. The van der Waals surface area contributed by atoms with Crippen LogP contribution in [0.4, 0.5) is 0 Å².